The Morgan fingerprint density at radius 2 is 2.21 bits per heavy atom. The minimum absolute atomic E-state index is 0.112. The summed E-state index contributed by atoms with van der Waals surface area (Å²) in [7, 11) is 1.69. The van der Waals surface area contributed by atoms with Crippen molar-refractivity contribution in [2.75, 3.05) is 7.11 Å². The molecule has 0 N–H and O–H groups in total. The fourth-order valence-corrected chi connectivity index (χ4v) is 4.48. The lowest BCUT2D eigenvalue weighted by molar-refractivity contribution is -0.120. The second kappa shape index (κ2) is 3.72. The summed E-state index contributed by atoms with van der Waals surface area (Å²) in [4.78, 5) is 12.2. The summed E-state index contributed by atoms with van der Waals surface area (Å²) >= 11 is 0. The van der Waals surface area contributed by atoms with Crippen molar-refractivity contribution in [1.29, 1.82) is 0 Å². The molecule has 0 aromatic heterocycles. The lowest BCUT2D eigenvalue weighted by Crippen LogP contribution is -2.39. The van der Waals surface area contributed by atoms with Crippen molar-refractivity contribution in [3.05, 3.63) is 41.0 Å². The number of ketones is 1. The molecule has 2 heteroatoms. The maximum absolute atomic E-state index is 12.2. The Morgan fingerprint density at radius 1 is 1.32 bits per heavy atom. The first-order valence-corrected chi connectivity index (χ1v) is 7.08. The Bertz CT molecular complexity index is 599. The average Bonchev–Trinajstić information content (AvgIpc) is 2.98. The van der Waals surface area contributed by atoms with Crippen molar-refractivity contribution in [3.8, 4) is 5.75 Å². The first kappa shape index (κ1) is 11.3. The number of hydrogen-bond donors (Lipinski definition) is 0. The Hall–Kier alpha value is -1.57. The van der Waals surface area contributed by atoms with Crippen LogP contribution < -0.4 is 4.74 Å². The van der Waals surface area contributed by atoms with E-state index in [0.717, 1.165) is 25.0 Å². The number of allylic oxidation sites excluding steroid dienone is 2. The Labute approximate surface area is 113 Å². The van der Waals surface area contributed by atoms with Gasteiger partial charge in [0.1, 0.15) is 11.5 Å². The van der Waals surface area contributed by atoms with Gasteiger partial charge in [0.15, 0.2) is 0 Å². The maximum atomic E-state index is 12.2. The van der Waals surface area contributed by atoms with E-state index in [9.17, 15) is 4.79 Å². The molecule has 19 heavy (non-hydrogen) atoms. The van der Waals surface area contributed by atoms with E-state index in [-0.39, 0.29) is 5.41 Å². The number of carbonyl (C=O) groups excluding carboxylic acids is 1. The van der Waals surface area contributed by atoms with Crippen LogP contribution in [0, 0.1) is 5.92 Å². The molecule has 1 aromatic rings. The summed E-state index contributed by atoms with van der Waals surface area (Å²) in [5.41, 5.74) is 4.30. The normalized spacial score (nSPS) is 31.5. The van der Waals surface area contributed by atoms with E-state index in [0.29, 0.717) is 18.1 Å². The van der Waals surface area contributed by atoms with E-state index in [4.69, 9.17) is 4.74 Å². The third kappa shape index (κ3) is 1.46. The fraction of sp³-hybridized carbons (Fsp3) is 0.471. The average molecular weight is 254 g/mol. The lowest BCUT2D eigenvalue weighted by Gasteiger charge is -2.40. The van der Waals surface area contributed by atoms with Gasteiger partial charge in [0, 0.05) is 18.3 Å². The van der Waals surface area contributed by atoms with Crippen molar-refractivity contribution in [2.24, 2.45) is 5.92 Å². The van der Waals surface area contributed by atoms with Crippen molar-refractivity contribution < 1.29 is 9.53 Å². The number of fused-ring (bicyclic) bond motifs is 5. The number of hydrogen-bond acceptors (Lipinski definition) is 2. The second-order valence-corrected chi connectivity index (χ2v) is 6.25. The molecular weight excluding hydrogens is 236 g/mol. The van der Waals surface area contributed by atoms with Gasteiger partial charge in [-0.1, -0.05) is 17.7 Å². The Balaban J connectivity index is 1.88. The molecule has 0 radical (unpaired) electrons. The van der Waals surface area contributed by atoms with Crippen LogP contribution in [0.1, 0.15) is 36.8 Å². The van der Waals surface area contributed by atoms with Crippen LogP contribution in [-0.2, 0) is 16.6 Å². The van der Waals surface area contributed by atoms with E-state index in [2.05, 4.69) is 24.3 Å². The molecule has 2 atom stereocenters. The standard InChI is InChI=1S/C17H18O2/c1-19-15-4-5-16-12(8-15)7-14(18)10-17(16)9-11-2-3-13(17)6-11/h2,4-5,8,13H,3,6-7,9-10H2,1H3. The SMILES string of the molecule is COc1ccc2c(c1)CC(=O)CC21CC2=CCC1C2. The largest absolute Gasteiger partial charge is 0.497 e. The van der Waals surface area contributed by atoms with Gasteiger partial charge >= 0.3 is 0 Å². The topological polar surface area (TPSA) is 26.3 Å². The predicted molar refractivity (Wildman–Crippen MR) is 73.4 cm³/mol. The molecule has 2 bridgehead atoms. The van der Waals surface area contributed by atoms with E-state index in [1.807, 2.05) is 0 Å². The number of methoxy groups -OCH3 is 1. The maximum Gasteiger partial charge on any atom is 0.138 e. The molecule has 1 aromatic carbocycles. The van der Waals surface area contributed by atoms with Gasteiger partial charge in [0.05, 0.1) is 7.11 Å². The zero-order valence-electron chi connectivity index (χ0n) is 11.2. The summed E-state index contributed by atoms with van der Waals surface area (Å²) in [5, 5.41) is 0. The molecule has 1 spiro atoms. The lowest BCUT2D eigenvalue weighted by atomic mass is 9.62. The van der Waals surface area contributed by atoms with Crippen molar-refractivity contribution >= 4 is 5.78 Å². The van der Waals surface area contributed by atoms with Crippen molar-refractivity contribution in [2.45, 2.75) is 37.5 Å². The molecule has 2 nitrogen and oxygen atoms in total. The molecule has 0 aliphatic heterocycles. The second-order valence-electron chi connectivity index (χ2n) is 6.25. The van der Waals surface area contributed by atoms with Crippen molar-refractivity contribution in [1.82, 2.24) is 0 Å². The van der Waals surface area contributed by atoms with E-state index < -0.39 is 0 Å². The predicted octanol–water partition coefficient (Wildman–Crippen LogP) is 3.19. The van der Waals surface area contributed by atoms with Crippen LogP contribution >= 0.6 is 0 Å². The third-order valence-electron chi connectivity index (χ3n) is 5.27. The minimum atomic E-state index is 0.112. The zero-order chi connectivity index (χ0) is 13.0. The Kier molecular flexibility index (Phi) is 2.21. The van der Waals surface area contributed by atoms with Gasteiger partial charge in [0.25, 0.3) is 0 Å². The van der Waals surface area contributed by atoms with Crippen LogP contribution in [-0.4, -0.2) is 12.9 Å². The molecular formula is C17H18O2. The summed E-state index contributed by atoms with van der Waals surface area (Å²) in [6.07, 6.45) is 7.18. The Morgan fingerprint density at radius 3 is 2.89 bits per heavy atom. The van der Waals surface area contributed by atoms with Gasteiger partial charge in [-0.25, -0.2) is 0 Å². The molecule has 2 unspecified atom stereocenters. The number of rotatable bonds is 1. The number of benzene rings is 1. The number of Topliss-reactive ketones (excluding diaryl/α,β-unsaturated/α-hetero) is 1. The van der Waals surface area contributed by atoms with Gasteiger partial charge in [0.2, 0.25) is 0 Å². The molecule has 0 amide bonds. The monoisotopic (exact) mass is 254 g/mol. The minimum Gasteiger partial charge on any atom is -0.497 e. The highest BCUT2D eigenvalue weighted by Crippen LogP contribution is 2.58. The first-order valence-electron chi connectivity index (χ1n) is 7.08. The zero-order valence-corrected chi connectivity index (χ0v) is 11.2. The van der Waals surface area contributed by atoms with E-state index in [1.54, 1.807) is 12.7 Å². The van der Waals surface area contributed by atoms with Crippen LogP contribution in [0.5, 0.6) is 5.75 Å². The molecule has 98 valence electrons. The van der Waals surface area contributed by atoms with Crippen LogP contribution in [0.25, 0.3) is 0 Å². The van der Waals surface area contributed by atoms with Crippen LogP contribution in [0.15, 0.2) is 29.8 Å². The van der Waals surface area contributed by atoms with Crippen molar-refractivity contribution in [3.63, 3.8) is 0 Å². The van der Waals surface area contributed by atoms with Gasteiger partial charge in [-0.3, -0.25) is 4.79 Å². The van der Waals surface area contributed by atoms with Crippen LogP contribution in [0.2, 0.25) is 0 Å². The number of carbonyl (C=O) groups is 1. The highest BCUT2D eigenvalue weighted by molar-refractivity contribution is 5.85. The van der Waals surface area contributed by atoms with Crippen LogP contribution in [0.3, 0.4) is 0 Å². The molecule has 3 aliphatic rings. The smallest absolute Gasteiger partial charge is 0.138 e. The van der Waals surface area contributed by atoms with Gasteiger partial charge < -0.3 is 4.74 Å². The molecule has 1 fully saturated rings. The molecule has 0 heterocycles. The van der Waals surface area contributed by atoms with E-state index in [1.165, 1.54) is 17.5 Å². The summed E-state index contributed by atoms with van der Waals surface area (Å²) in [6.45, 7) is 0. The third-order valence-corrected chi connectivity index (χ3v) is 5.27. The van der Waals surface area contributed by atoms with E-state index >= 15 is 0 Å². The molecule has 3 aliphatic carbocycles. The van der Waals surface area contributed by atoms with Gasteiger partial charge in [-0.2, -0.15) is 0 Å². The van der Waals surface area contributed by atoms with Gasteiger partial charge in [-0.15, -0.1) is 0 Å². The quantitative estimate of drug-likeness (QED) is 0.719. The fourth-order valence-electron chi connectivity index (χ4n) is 4.48. The van der Waals surface area contributed by atoms with Crippen LogP contribution in [0.4, 0.5) is 0 Å². The molecule has 0 saturated heterocycles. The molecule has 4 rings (SSSR count). The summed E-state index contributed by atoms with van der Waals surface area (Å²) < 4.78 is 5.31. The summed E-state index contributed by atoms with van der Waals surface area (Å²) in [5.74, 6) is 1.92. The highest BCUT2D eigenvalue weighted by Gasteiger charge is 2.51. The van der Waals surface area contributed by atoms with Gasteiger partial charge in [-0.05, 0) is 48.4 Å². The molecule has 1 saturated carbocycles. The first-order chi connectivity index (χ1) is 9.21. The number of ether oxygens (including phenoxy) is 1. The highest BCUT2D eigenvalue weighted by atomic mass is 16.5. The summed E-state index contributed by atoms with van der Waals surface area (Å²) in [6, 6.07) is 6.33.